The molecule has 0 heterocycles. The van der Waals surface area contributed by atoms with Crippen molar-refractivity contribution in [2.45, 2.75) is 52.1 Å². The highest BCUT2D eigenvalue weighted by Crippen LogP contribution is 2.36. The Bertz CT molecular complexity index is 388. The maximum Gasteiger partial charge on any atom is 0.0359 e. The van der Waals surface area contributed by atoms with Crippen LogP contribution in [0.4, 0.5) is 5.69 Å². The van der Waals surface area contributed by atoms with Gasteiger partial charge >= 0.3 is 0 Å². The third kappa shape index (κ3) is 3.26. The molecule has 2 N–H and O–H groups in total. The summed E-state index contributed by atoms with van der Waals surface area (Å²) in [6.45, 7) is 5.74. The summed E-state index contributed by atoms with van der Waals surface area (Å²) >= 11 is 0. The minimum atomic E-state index is 0.545. The summed E-state index contributed by atoms with van der Waals surface area (Å²) in [6, 6.07) is 8.93. The largest absolute Gasteiger partial charge is 0.398 e. The molecule has 2 heteroatoms. The molecule has 0 atom stereocenters. The SMILES string of the molecule is CN(Cc1ccccc1N)C1CCC(C)(C)CC1. The van der Waals surface area contributed by atoms with Crippen LogP contribution < -0.4 is 5.73 Å². The molecule has 0 aliphatic heterocycles. The summed E-state index contributed by atoms with van der Waals surface area (Å²) in [6.07, 6.45) is 5.31. The number of nitrogens with zero attached hydrogens (tertiary/aromatic N) is 1. The zero-order valence-electron chi connectivity index (χ0n) is 11.9. The van der Waals surface area contributed by atoms with E-state index in [1.807, 2.05) is 12.1 Å². The highest BCUT2D eigenvalue weighted by Gasteiger charge is 2.28. The van der Waals surface area contributed by atoms with Crippen molar-refractivity contribution in [3.8, 4) is 0 Å². The number of nitrogens with two attached hydrogens (primary N) is 1. The van der Waals surface area contributed by atoms with E-state index in [1.165, 1.54) is 31.2 Å². The third-order valence-corrected chi connectivity index (χ3v) is 4.41. The Hall–Kier alpha value is -1.02. The van der Waals surface area contributed by atoms with Gasteiger partial charge in [-0.15, -0.1) is 0 Å². The lowest BCUT2D eigenvalue weighted by atomic mass is 9.75. The molecule has 1 saturated carbocycles. The summed E-state index contributed by atoms with van der Waals surface area (Å²) in [5.41, 5.74) is 8.73. The lowest BCUT2D eigenvalue weighted by Crippen LogP contribution is -2.36. The van der Waals surface area contributed by atoms with Gasteiger partial charge in [-0.25, -0.2) is 0 Å². The monoisotopic (exact) mass is 246 g/mol. The van der Waals surface area contributed by atoms with E-state index in [4.69, 9.17) is 5.73 Å². The number of para-hydroxylation sites is 1. The van der Waals surface area contributed by atoms with Gasteiger partial charge in [0.25, 0.3) is 0 Å². The van der Waals surface area contributed by atoms with Crippen molar-refractivity contribution in [1.29, 1.82) is 0 Å². The average Bonchev–Trinajstić information content (AvgIpc) is 2.32. The fourth-order valence-electron chi connectivity index (χ4n) is 2.90. The van der Waals surface area contributed by atoms with Gasteiger partial charge in [-0.1, -0.05) is 32.0 Å². The van der Waals surface area contributed by atoms with E-state index in [0.29, 0.717) is 5.41 Å². The van der Waals surface area contributed by atoms with Crippen LogP contribution in [0.2, 0.25) is 0 Å². The molecular weight excluding hydrogens is 220 g/mol. The fourth-order valence-corrected chi connectivity index (χ4v) is 2.90. The number of hydrogen-bond donors (Lipinski definition) is 1. The molecule has 100 valence electrons. The van der Waals surface area contributed by atoms with E-state index in [-0.39, 0.29) is 0 Å². The Morgan fingerprint density at radius 2 is 1.83 bits per heavy atom. The van der Waals surface area contributed by atoms with Crippen LogP contribution >= 0.6 is 0 Å². The Morgan fingerprint density at radius 3 is 2.44 bits per heavy atom. The second-order valence-corrected chi connectivity index (χ2v) is 6.51. The van der Waals surface area contributed by atoms with E-state index in [2.05, 4.69) is 37.9 Å². The first-order valence-corrected chi connectivity index (χ1v) is 7.01. The first kappa shape index (κ1) is 13.4. The lowest BCUT2D eigenvalue weighted by Gasteiger charge is -2.38. The molecule has 1 aromatic rings. The first-order valence-electron chi connectivity index (χ1n) is 7.01. The molecule has 0 unspecified atom stereocenters. The zero-order chi connectivity index (χ0) is 13.2. The van der Waals surface area contributed by atoms with E-state index >= 15 is 0 Å². The zero-order valence-corrected chi connectivity index (χ0v) is 11.9. The fraction of sp³-hybridized carbons (Fsp3) is 0.625. The van der Waals surface area contributed by atoms with Crippen LogP contribution in [0.25, 0.3) is 0 Å². The molecule has 2 nitrogen and oxygen atoms in total. The predicted molar refractivity (Wildman–Crippen MR) is 78.4 cm³/mol. The standard InChI is InChI=1S/C16H26N2/c1-16(2)10-8-14(9-11-16)18(3)12-13-6-4-5-7-15(13)17/h4-7,14H,8-12,17H2,1-3H3. The second-order valence-electron chi connectivity index (χ2n) is 6.51. The van der Waals surface area contributed by atoms with Gasteiger partial charge in [-0.2, -0.15) is 0 Å². The minimum absolute atomic E-state index is 0.545. The van der Waals surface area contributed by atoms with E-state index in [0.717, 1.165) is 18.3 Å². The van der Waals surface area contributed by atoms with Crippen molar-refractivity contribution < 1.29 is 0 Å². The number of anilines is 1. The Labute approximate surface area is 111 Å². The minimum Gasteiger partial charge on any atom is -0.398 e. The molecule has 0 aromatic heterocycles. The van der Waals surface area contributed by atoms with E-state index in [1.54, 1.807) is 0 Å². The van der Waals surface area contributed by atoms with E-state index in [9.17, 15) is 0 Å². The van der Waals surface area contributed by atoms with Gasteiger partial charge < -0.3 is 5.73 Å². The summed E-state index contributed by atoms with van der Waals surface area (Å²) in [4.78, 5) is 2.47. The van der Waals surface area contributed by atoms with Crippen molar-refractivity contribution >= 4 is 5.69 Å². The maximum atomic E-state index is 6.01. The van der Waals surface area contributed by atoms with Crippen LogP contribution in [0, 0.1) is 5.41 Å². The average molecular weight is 246 g/mol. The van der Waals surface area contributed by atoms with Gasteiger partial charge in [0.15, 0.2) is 0 Å². The maximum absolute atomic E-state index is 6.01. The smallest absolute Gasteiger partial charge is 0.0359 e. The number of benzene rings is 1. The molecule has 0 radical (unpaired) electrons. The molecular formula is C16H26N2. The van der Waals surface area contributed by atoms with E-state index < -0.39 is 0 Å². The Balaban J connectivity index is 1.93. The Kier molecular flexibility index (Phi) is 3.96. The Morgan fingerprint density at radius 1 is 1.22 bits per heavy atom. The third-order valence-electron chi connectivity index (χ3n) is 4.41. The van der Waals surface area contributed by atoms with Gasteiger partial charge in [0.1, 0.15) is 0 Å². The topological polar surface area (TPSA) is 29.3 Å². The number of rotatable bonds is 3. The van der Waals surface area contributed by atoms with Crippen molar-refractivity contribution in [3.05, 3.63) is 29.8 Å². The lowest BCUT2D eigenvalue weighted by molar-refractivity contribution is 0.123. The quantitative estimate of drug-likeness (QED) is 0.825. The number of hydrogen-bond acceptors (Lipinski definition) is 2. The van der Waals surface area contributed by atoms with Crippen LogP contribution in [0.3, 0.4) is 0 Å². The molecule has 2 rings (SSSR count). The molecule has 0 bridgehead atoms. The van der Waals surface area contributed by atoms with Crippen LogP contribution in [-0.2, 0) is 6.54 Å². The van der Waals surface area contributed by atoms with Gasteiger partial charge in [-0.05, 0) is 49.8 Å². The van der Waals surface area contributed by atoms with Crippen molar-refractivity contribution in [1.82, 2.24) is 4.90 Å². The molecule has 0 amide bonds. The molecule has 0 spiro atoms. The summed E-state index contributed by atoms with van der Waals surface area (Å²) in [5, 5.41) is 0. The highest BCUT2D eigenvalue weighted by molar-refractivity contribution is 5.46. The van der Waals surface area contributed by atoms with Crippen LogP contribution in [-0.4, -0.2) is 18.0 Å². The summed E-state index contributed by atoms with van der Waals surface area (Å²) < 4.78 is 0. The molecule has 18 heavy (non-hydrogen) atoms. The number of nitrogen functional groups attached to an aromatic ring is 1. The predicted octanol–water partition coefficient (Wildman–Crippen LogP) is 3.67. The molecule has 1 aliphatic carbocycles. The molecule has 1 fully saturated rings. The van der Waals surface area contributed by atoms with Gasteiger partial charge in [0.2, 0.25) is 0 Å². The van der Waals surface area contributed by atoms with Crippen molar-refractivity contribution in [2.24, 2.45) is 5.41 Å². The van der Waals surface area contributed by atoms with Gasteiger partial charge in [0, 0.05) is 18.3 Å². The molecule has 1 aliphatic rings. The van der Waals surface area contributed by atoms with Crippen LogP contribution in [0.15, 0.2) is 24.3 Å². The molecule has 0 saturated heterocycles. The summed E-state index contributed by atoms with van der Waals surface area (Å²) in [7, 11) is 2.23. The first-order chi connectivity index (χ1) is 8.48. The second kappa shape index (κ2) is 5.31. The van der Waals surface area contributed by atoms with Crippen molar-refractivity contribution in [3.63, 3.8) is 0 Å². The van der Waals surface area contributed by atoms with Gasteiger partial charge in [-0.3, -0.25) is 4.90 Å². The highest BCUT2D eigenvalue weighted by atomic mass is 15.1. The normalized spacial score (nSPS) is 20.2. The summed E-state index contributed by atoms with van der Waals surface area (Å²) in [5.74, 6) is 0. The van der Waals surface area contributed by atoms with Crippen LogP contribution in [0.5, 0.6) is 0 Å². The molecule has 1 aromatic carbocycles. The van der Waals surface area contributed by atoms with Gasteiger partial charge in [0.05, 0.1) is 0 Å². The van der Waals surface area contributed by atoms with Crippen molar-refractivity contribution in [2.75, 3.05) is 12.8 Å². The van der Waals surface area contributed by atoms with Crippen LogP contribution in [0.1, 0.15) is 45.1 Å².